The van der Waals surface area contributed by atoms with Gasteiger partial charge in [0.25, 0.3) is 5.56 Å². The molecule has 156 valence electrons. The molecule has 2 aromatic heterocycles. The molecule has 12 nitrogen and oxygen atoms in total. The molecule has 5 N–H and O–H groups in total. The summed E-state index contributed by atoms with van der Waals surface area (Å²) in [6, 6.07) is 0. The summed E-state index contributed by atoms with van der Waals surface area (Å²) in [5.74, 6) is -0.0876. The first-order valence-corrected chi connectivity index (χ1v) is 9.01. The van der Waals surface area contributed by atoms with Crippen LogP contribution in [0.5, 0.6) is 0 Å². The van der Waals surface area contributed by atoms with E-state index in [1.54, 1.807) is 0 Å². The van der Waals surface area contributed by atoms with E-state index in [9.17, 15) is 20.1 Å². The zero-order valence-electron chi connectivity index (χ0n) is 15.6. The third-order valence-electron chi connectivity index (χ3n) is 4.54. The SMILES string of the molecule is CCOC(Cn1c(N)nc2c(ncn2[C@@H]2O[C@H](CO)[C@@H](O)[C@H]2O)c1=O)OCC. The molecule has 3 heterocycles. The molecule has 1 fully saturated rings. The summed E-state index contributed by atoms with van der Waals surface area (Å²) in [7, 11) is 0. The minimum absolute atomic E-state index is 0.0127. The molecule has 0 aliphatic carbocycles. The van der Waals surface area contributed by atoms with E-state index in [0.717, 1.165) is 0 Å². The van der Waals surface area contributed by atoms with Crippen LogP contribution in [0.3, 0.4) is 0 Å². The van der Waals surface area contributed by atoms with Crippen molar-refractivity contribution < 1.29 is 29.5 Å². The number of rotatable bonds is 8. The average molecular weight is 399 g/mol. The summed E-state index contributed by atoms with van der Waals surface area (Å²) in [6.45, 7) is 3.98. The number of imidazole rings is 1. The van der Waals surface area contributed by atoms with Crippen LogP contribution in [-0.4, -0.2) is 78.8 Å². The Balaban J connectivity index is 1.97. The number of fused-ring (bicyclic) bond motifs is 1. The smallest absolute Gasteiger partial charge is 0.283 e. The summed E-state index contributed by atoms with van der Waals surface area (Å²) in [6.07, 6.45) is -4.06. The van der Waals surface area contributed by atoms with Crippen LogP contribution in [0.2, 0.25) is 0 Å². The van der Waals surface area contributed by atoms with Gasteiger partial charge in [0.15, 0.2) is 23.7 Å². The summed E-state index contributed by atoms with van der Waals surface area (Å²) in [5.41, 5.74) is 5.58. The Hall–Kier alpha value is -2.09. The number of aliphatic hydroxyl groups excluding tert-OH is 3. The Morgan fingerprint density at radius 1 is 1.29 bits per heavy atom. The maximum Gasteiger partial charge on any atom is 0.283 e. The van der Waals surface area contributed by atoms with Gasteiger partial charge in [0.1, 0.15) is 18.3 Å². The molecule has 0 spiro atoms. The highest BCUT2D eigenvalue weighted by molar-refractivity contribution is 5.71. The second kappa shape index (κ2) is 8.51. The minimum Gasteiger partial charge on any atom is -0.394 e. The number of aromatic nitrogens is 4. The van der Waals surface area contributed by atoms with Gasteiger partial charge in [-0.25, -0.2) is 4.98 Å². The van der Waals surface area contributed by atoms with E-state index in [-0.39, 0.29) is 23.7 Å². The number of ether oxygens (including phenoxy) is 3. The molecule has 0 aromatic carbocycles. The lowest BCUT2D eigenvalue weighted by atomic mass is 10.1. The van der Waals surface area contributed by atoms with Crippen molar-refractivity contribution in [2.45, 2.75) is 51.2 Å². The van der Waals surface area contributed by atoms with E-state index >= 15 is 0 Å². The van der Waals surface area contributed by atoms with Crippen LogP contribution in [0.25, 0.3) is 11.2 Å². The van der Waals surface area contributed by atoms with E-state index in [4.69, 9.17) is 19.9 Å². The first kappa shape index (κ1) is 20.6. The van der Waals surface area contributed by atoms with Crippen LogP contribution in [-0.2, 0) is 20.8 Å². The lowest BCUT2D eigenvalue weighted by molar-refractivity contribution is -0.143. The van der Waals surface area contributed by atoms with Crippen molar-refractivity contribution in [1.82, 2.24) is 19.1 Å². The Morgan fingerprint density at radius 2 is 1.96 bits per heavy atom. The molecule has 0 saturated carbocycles. The molecule has 1 aliphatic rings. The van der Waals surface area contributed by atoms with Gasteiger partial charge in [-0.15, -0.1) is 0 Å². The van der Waals surface area contributed by atoms with Gasteiger partial charge in [-0.1, -0.05) is 0 Å². The number of nitrogens with two attached hydrogens (primary N) is 1. The second-order valence-electron chi connectivity index (χ2n) is 6.28. The van der Waals surface area contributed by atoms with E-state index < -0.39 is 43.0 Å². The Labute approximate surface area is 160 Å². The first-order chi connectivity index (χ1) is 13.4. The summed E-state index contributed by atoms with van der Waals surface area (Å²) in [4.78, 5) is 21.1. The molecule has 0 bridgehead atoms. The van der Waals surface area contributed by atoms with Gasteiger partial charge in [0.05, 0.1) is 19.5 Å². The fourth-order valence-corrected chi connectivity index (χ4v) is 3.16. The van der Waals surface area contributed by atoms with Gasteiger partial charge in [-0.2, -0.15) is 4.98 Å². The molecule has 0 amide bonds. The average Bonchev–Trinajstić information content (AvgIpc) is 3.20. The Kier molecular flexibility index (Phi) is 6.27. The van der Waals surface area contributed by atoms with Crippen molar-refractivity contribution in [1.29, 1.82) is 0 Å². The molecule has 3 rings (SSSR count). The molecule has 12 heteroatoms. The van der Waals surface area contributed by atoms with E-state index in [0.29, 0.717) is 13.2 Å². The number of hydrogen-bond donors (Lipinski definition) is 4. The van der Waals surface area contributed by atoms with Crippen molar-refractivity contribution in [2.24, 2.45) is 0 Å². The minimum atomic E-state index is -1.33. The van der Waals surface area contributed by atoms with Gasteiger partial charge in [-0.05, 0) is 13.8 Å². The van der Waals surface area contributed by atoms with Crippen LogP contribution in [0.15, 0.2) is 11.1 Å². The molecule has 0 radical (unpaired) electrons. The van der Waals surface area contributed by atoms with Crippen LogP contribution >= 0.6 is 0 Å². The first-order valence-electron chi connectivity index (χ1n) is 9.01. The van der Waals surface area contributed by atoms with Crippen LogP contribution in [0, 0.1) is 0 Å². The Bertz CT molecular complexity index is 863. The lowest BCUT2D eigenvalue weighted by Gasteiger charge is -2.19. The predicted molar refractivity (Wildman–Crippen MR) is 96.2 cm³/mol. The second-order valence-corrected chi connectivity index (χ2v) is 6.28. The van der Waals surface area contributed by atoms with E-state index in [1.807, 2.05) is 13.8 Å². The number of nitrogens with zero attached hydrogens (tertiary/aromatic N) is 4. The largest absolute Gasteiger partial charge is 0.394 e. The topological polar surface area (TPSA) is 167 Å². The highest BCUT2D eigenvalue weighted by atomic mass is 16.7. The quantitative estimate of drug-likeness (QED) is 0.371. The van der Waals surface area contributed by atoms with Gasteiger partial charge in [0.2, 0.25) is 5.95 Å². The highest BCUT2D eigenvalue weighted by Gasteiger charge is 2.44. The van der Waals surface area contributed by atoms with Gasteiger partial charge < -0.3 is 35.3 Å². The zero-order chi connectivity index (χ0) is 20.4. The molecule has 0 unspecified atom stereocenters. The monoisotopic (exact) mass is 399 g/mol. The molecule has 1 aliphatic heterocycles. The van der Waals surface area contributed by atoms with E-state index in [2.05, 4.69) is 9.97 Å². The van der Waals surface area contributed by atoms with Crippen LogP contribution in [0.4, 0.5) is 5.95 Å². The van der Waals surface area contributed by atoms with Crippen molar-refractivity contribution >= 4 is 17.1 Å². The number of aliphatic hydroxyl groups is 3. The summed E-state index contributed by atoms with van der Waals surface area (Å²) >= 11 is 0. The molecule has 1 saturated heterocycles. The lowest BCUT2D eigenvalue weighted by Crippen LogP contribution is -2.34. The maximum absolute atomic E-state index is 12.9. The molecular weight excluding hydrogens is 374 g/mol. The van der Waals surface area contributed by atoms with Gasteiger partial charge >= 0.3 is 0 Å². The number of nitrogen functional groups attached to an aromatic ring is 1. The Morgan fingerprint density at radius 3 is 2.54 bits per heavy atom. The summed E-state index contributed by atoms with van der Waals surface area (Å²) < 4.78 is 18.9. The highest BCUT2D eigenvalue weighted by Crippen LogP contribution is 2.30. The fourth-order valence-electron chi connectivity index (χ4n) is 3.16. The van der Waals surface area contributed by atoms with Gasteiger partial charge in [-0.3, -0.25) is 13.9 Å². The van der Waals surface area contributed by atoms with Crippen LogP contribution < -0.4 is 11.3 Å². The third-order valence-corrected chi connectivity index (χ3v) is 4.54. The third kappa shape index (κ3) is 3.62. The molecular formula is C16H25N5O7. The zero-order valence-corrected chi connectivity index (χ0v) is 15.6. The normalized spacial score (nSPS) is 25.2. The van der Waals surface area contributed by atoms with Crippen molar-refractivity contribution in [3.05, 3.63) is 16.7 Å². The predicted octanol–water partition coefficient (Wildman–Crippen LogP) is -1.81. The van der Waals surface area contributed by atoms with Crippen molar-refractivity contribution in [3.8, 4) is 0 Å². The van der Waals surface area contributed by atoms with Crippen molar-refractivity contribution in [3.63, 3.8) is 0 Å². The van der Waals surface area contributed by atoms with Crippen LogP contribution in [0.1, 0.15) is 20.1 Å². The number of hydrogen-bond acceptors (Lipinski definition) is 10. The van der Waals surface area contributed by atoms with Gasteiger partial charge in [0, 0.05) is 13.2 Å². The van der Waals surface area contributed by atoms with E-state index in [1.165, 1.54) is 15.5 Å². The van der Waals surface area contributed by atoms with Crippen molar-refractivity contribution in [2.75, 3.05) is 25.6 Å². The summed E-state index contributed by atoms with van der Waals surface area (Å²) in [5, 5.41) is 29.4. The molecule has 28 heavy (non-hydrogen) atoms. The number of anilines is 1. The standard InChI is InChI=1S/C16H25N5O7/c1-3-26-9(27-4-2)5-20-14(25)10-13(19-16(20)17)21(7-18-10)15-12(24)11(23)8(6-22)28-15/h7-9,11-12,15,22-24H,3-6H2,1-2H3,(H2,17,19)/t8-,11-,12-,15-/m1/s1. The fraction of sp³-hybridized carbons (Fsp3) is 0.688. The molecule has 2 aromatic rings. The molecule has 4 atom stereocenters. The maximum atomic E-state index is 12.9.